The summed E-state index contributed by atoms with van der Waals surface area (Å²) in [6, 6.07) is 0.306. The molecule has 20 heavy (non-hydrogen) atoms. The molecule has 0 fully saturated rings. The third-order valence-electron chi connectivity index (χ3n) is 2.57. The zero-order valence-electron chi connectivity index (χ0n) is 12.7. The number of rotatable bonds is 9. The van der Waals surface area contributed by atoms with E-state index in [1.807, 2.05) is 27.7 Å². The van der Waals surface area contributed by atoms with Crippen LogP contribution in [0, 0.1) is 0 Å². The van der Waals surface area contributed by atoms with Crippen LogP contribution < -0.4 is 15.4 Å². The van der Waals surface area contributed by atoms with E-state index in [1.54, 1.807) is 0 Å². The molecule has 0 aliphatic heterocycles. The molecule has 0 bridgehead atoms. The van der Waals surface area contributed by atoms with Crippen LogP contribution in [0.25, 0.3) is 0 Å². The minimum atomic E-state index is -0.304. The molecule has 1 heterocycles. The Morgan fingerprint density at radius 3 is 2.45 bits per heavy atom. The Morgan fingerprint density at radius 1 is 1.15 bits per heavy atom. The first kappa shape index (κ1) is 16.4. The predicted octanol–water partition coefficient (Wildman–Crippen LogP) is 1.67. The normalized spacial score (nSPS) is 11.2. The van der Waals surface area contributed by atoms with Crippen molar-refractivity contribution in [2.24, 2.45) is 0 Å². The average molecular weight is 283 g/mol. The predicted molar refractivity (Wildman–Crippen MR) is 79.2 cm³/mol. The van der Waals surface area contributed by atoms with Crippen LogP contribution in [-0.4, -0.2) is 45.4 Å². The smallest absolute Gasteiger partial charge is 0.323 e. The van der Waals surface area contributed by atoms with Gasteiger partial charge in [0.1, 0.15) is 0 Å². The largest absolute Gasteiger partial charge is 0.463 e. The van der Waals surface area contributed by atoms with E-state index in [4.69, 9.17) is 9.84 Å². The van der Waals surface area contributed by atoms with Crippen molar-refractivity contribution in [1.82, 2.24) is 15.0 Å². The maximum absolute atomic E-state index is 9.06. The van der Waals surface area contributed by atoms with Gasteiger partial charge in [0.15, 0.2) is 0 Å². The van der Waals surface area contributed by atoms with Crippen molar-refractivity contribution in [1.29, 1.82) is 0 Å². The van der Waals surface area contributed by atoms with E-state index in [0.29, 0.717) is 30.9 Å². The maximum Gasteiger partial charge on any atom is 0.323 e. The minimum Gasteiger partial charge on any atom is -0.463 e. The molecule has 0 spiro atoms. The lowest BCUT2D eigenvalue weighted by Gasteiger charge is -2.25. The van der Waals surface area contributed by atoms with Crippen LogP contribution in [0.15, 0.2) is 0 Å². The fourth-order valence-corrected chi connectivity index (χ4v) is 1.55. The molecule has 0 amide bonds. The summed E-state index contributed by atoms with van der Waals surface area (Å²) in [5, 5.41) is 15.3. The van der Waals surface area contributed by atoms with Gasteiger partial charge in [0, 0.05) is 18.7 Å². The summed E-state index contributed by atoms with van der Waals surface area (Å²) in [5.41, 5.74) is -0.304. The van der Waals surface area contributed by atoms with Crippen LogP contribution in [0.3, 0.4) is 0 Å². The molecule has 7 heteroatoms. The lowest BCUT2D eigenvalue weighted by atomic mass is 10.0. The van der Waals surface area contributed by atoms with Crippen LogP contribution in [0.2, 0.25) is 0 Å². The van der Waals surface area contributed by atoms with Crippen molar-refractivity contribution in [3.05, 3.63) is 0 Å². The molecule has 0 atom stereocenters. The van der Waals surface area contributed by atoms with Crippen molar-refractivity contribution in [2.75, 3.05) is 30.4 Å². The first-order chi connectivity index (χ1) is 9.50. The van der Waals surface area contributed by atoms with Crippen molar-refractivity contribution in [3.8, 4) is 6.01 Å². The molecule has 0 aliphatic carbocycles. The highest BCUT2D eigenvalue weighted by atomic mass is 16.5. The minimum absolute atomic E-state index is 0.102. The molecule has 114 valence electrons. The van der Waals surface area contributed by atoms with Gasteiger partial charge in [-0.05, 0) is 33.6 Å². The van der Waals surface area contributed by atoms with Crippen LogP contribution in [0.4, 0.5) is 11.9 Å². The van der Waals surface area contributed by atoms with E-state index in [0.717, 1.165) is 13.0 Å². The van der Waals surface area contributed by atoms with E-state index in [2.05, 4.69) is 25.6 Å². The lowest BCUT2D eigenvalue weighted by Crippen LogP contribution is -2.33. The van der Waals surface area contributed by atoms with Gasteiger partial charge in [0.25, 0.3) is 0 Å². The number of hydrogen-bond acceptors (Lipinski definition) is 7. The Bertz CT molecular complexity index is 412. The van der Waals surface area contributed by atoms with Crippen LogP contribution in [0.1, 0.15) is 40.5 Å². The van der Waals surface area contributed by atoms with Gasteiger partial charge < -0.3 is 20.5 Å². The molecular formula is C13H25N5O2. The van der Waals surface area contributed by atoms with Gasteiger partial charge in [0.2, 0.25) is 11.9 Å². The van der Waals surface area contributed by atoms with E-state index >= 15 is 0 Å². The lowest BCUT2D eigenvalue weighted by molar-refractivity contribution is 0.260. The van der Waals surface area contributed by atoms with Crippen molar-refractivity contribution >= 4 is 11.9 Å². The second-order valence-electron chi connectivity index (χ2n) is 5.13. The molecule has 1 aromatic rings. The number of aromatic nitrogens is 3. The highest BCUT2D eigenvalue weighted by molar-refractivity contribution is 5.37. The van der Waals surface area contributed by atoms with Gasteiger partial charge in [-0.15, -0.1) is 0 Å². The number of aliphatic hydroxyl groups excluding tert-OH is 1. The maximum atomic E-state index is 9.06. The second kappa shape index (κ2) is 7.84. The molecule has 7 nitrogen and oxygen atoms in total. The van der Waals surface area contributed by atoms with Crippen molar-refractivity contribution in [3.63, 3.8) is 0 Å². The molecule has 3 N–H and O–H groups in total. The Morgan fingerprint density at radius 2 is 1.85 bits per heavy atom. The second-order valence-corrected chi connectivity index (χ2v) is 5.13. The van der Waals surface area contributed by atoms with Crippen LogP contribution in [-0.2, 0) is 0 Å². The van der Waals surface area contributed by atoms with Gasteiger partial charge in [-0.25, -0.2) is 0 Å². The van der Waals surface area contributed by atoms with Crippen molar-refractivity contribution in [2.45, 2.75) is 46.1 Å². The molecule has 0 aliphatic rings. The summed E-state index contributed by atoms with van der Waals surface area (Å²) in [4.78, 5) is 12.7. The third kappa shape index (κ3) is 5.56. The van der Waals surface area contributed by atoms with Gasteiger partial charge in [-0.2, -0.15) is 15.0 Å². The Hall–Kier alpha value is -1.63. The van der Waals surface area contributed by atoms with Gasteiger partial charge >= 0.3 is 6.01 Å². The fraction of sp³-hybridized carbons (Fsp3) is 0.769. The van der Waals surface area contributed by atoms with Gasteiger partial charge in [-0.1, -0.05) is 6.92 Å². The molecular weight excluding hydrogens is 258 g/mol. The number of nitrogens with zero attached hydrogens (tertiary/aromatic N) is 3. The first-order valence-corrected chi connectivity index (χ1v) is 7.02. The molecule has 1 rings (SSSR count). The molecule has 0 radical (unpaired) electrons. The number of nitrogens with one attached hydrogen (secondary N) is 2. The van der Waals surface area contributed by atoms with E-state index in [-0.39, 0.29) is 12.1 Å². The average Bonchev–Trinajstić information content (AvgIpc) is 2.35. The monoisotopic (exact) mass is 283 g/mol. The number of hydrogen-bond donors (Lipinski definition) is 3. The Labute approximate surface area is 120 Å². The van der Waals surface area contributed by atoms with Crippen LogP contribution >= 0.6 is 0 Å². The fourth-order valence-electron chi connectivity index (χ4n) is 1.55. The zero-order chi connectivity index (χ0) is 15.0. The zero-order valence-corrected chi connectivity index (χ0v) is 12.7. The number of ether oxygens (including phenoxy) is 1. The SMILES string of the molecule is CCCOc1nc(NCC)nc(NC(C)(C)CCO)n1. The standard InChI is InChI=1S/C13H25N5O2/c1-5-9-20-12-16-10(14-6-2)15-11(17-12)18-13(3,4)7-8-19/h19H,5-9H2,1-4H3,(H2,14,15,16,17,18). The van der Waals surface area contributed by atoms with Crippen LogP contribution in [0.5, 0.6) is 6.01 Å². The summed E-state index contributed by atoms with van der Waals surface area (Å²) in [7, 11) is 0. The quantitative estimate of drug-likeness (QED) is 0.634. The van der Waals surface area contributed by atoms with Crippen molar-refractivity contribution < 1.29 is 9.84 Å². The van der Waals surface area contributed by atoms with E-state index in [1.165, 1.54) is 0 Å². The third-order valence-corrected chi connectivity index (χ3v) is 2.57. The highest BCUT2D eigenvalue weighted by Gasteiger charge is 2.19. The topological polar surface area (TPSA) is 92.2 Å². The highest BCUT2D eigenvalue weighted by Crippen LogP contribution is 2.18. The van der Waals surface area contributed by atoms with Gasteiger partial charge in [-0.3, -0.25) is 0 Å². The summed E-state index contributed by atoms with van der Waals surface area (Å²) in [5.74, 6) is 0.927. The van der Waals surface area contributed by atoms with E-state index in [9.17, 15) is 0 Å². The molecule has 0 saturated heterocycles. The first-order valence-electron chi connectivity index (χ1n) is 7.02. The molecule has 1 aromatic heterocycles. The van der Waals surface area contributed by atoms with Gasteiger partial charge in [0.05, 0.1) is 6.61 Å². The molecule has 0 unspecified atom stereocenters. The molecule has 0 aromatic carbocycles. The Kier molecular flexibility index (Phi) is 6.44. The number of aliphatic hydroxyl groups is 1. The summed E-state index contributed by atoms with van der Waals surface area (Å²) in [6.07, 6.45) is 1.49. The summed E-state index contributed by atoms with van der Waals surface area (Å²) < 4.78 is 5.47. The van der Waals surface area contributed by atoms with E-state index < -0.39 is 0 Å². The summed E-state index contributed by atoms with van der Waals surface area (Å²) >= 11 is 0. The molecule has 0 saturated carbocycles. The summed E-state index contributed by atoms with van der Waals surface area (Å²) in [6.45, 7) is 9.34. The Balaban J connectivity index is 2.89. The number of anilines is 2.